The lowest BCUT2D eigenvalue weighted by Gasteiger charge is -2.55. The van der Waals surface area contributed by atoms with Crippen LogP contribution in [-0.4, -0.2) is 61.7 Å². The zero-order valence-electron chi connectivity index (χ0n) is 21.9. The molecule has 1 amide bonds. The summed E-state index contributed by atoms with van der Waals surface area (Å²) in [5.74, 6) is -0.604. The van der Waals surface area contributed by atoms with E-state index in [0.29, 0.717) is 42.9 Å². The highest BCUT2D eigenvalue weighted by molar-refractivity contribution is 6.05. The van der Waals surface area contributed by atoms with Gasteiger partial charge in [-0.3, -0.25) is 4.79 Å². The molecule has 2 aromatic carbocycles. The van der Waals surface area contributed by atoms with Crippen molar-refractivity contribution >= 4 is 23.5 Å². The van der Waals surface area contributed by atoms with Crippen LogP contribution in [0.1, 0.15) is 54.6 Å². The van der Waals surface area contributed by atoms with Crippen molar-refractivity contribution in [2.45, 2.75) is 52.2 Å². The van der Waals surface area contributed by atoms with Crippen molar-refractivity contribution in [1.82, 2.24) is 0 Å². The van der Waals surface area contributed by atoms with Gasteiger partial charge >= 0.3 is 11.9 Å². The van der Waals surface area contributed by atoms with Crippen molar-refractivity contribution in [2.24, 2.45) is 0 Å². The van der Waals surface area contributed by atoms with E-state index in [9.17, 15) is 14.4 Å². The summed E-state index contributed by atoms with van der Waals surface area (Å²) in [6.07, 6.45) is 2.18. The van der Waals surface area contributed by atoms with Gasteiger partial charge in [0.15, 0.2) is 12.1 Å². The SMILES string of the molecule is CC[N+](CC)(CC(=O)OCc1ccccc1)C1(C(=O)Nc2c(C)cc(OC)cc2C(=O)OC)CCC1. The van der Waals surface area contributed by atoms with Gasteiger partial charge in [-0.05, 0) is 50.5 Å². The number of carbonyl (C=O) groups excluding carboxylic acids is 3. The number of amides is 1. The molecule has 0 heterocycles. The molecule has 1 fully saturated rings. The Morgan fingerprint density at radius 2 is 1.69 bits per heavy atom. The van der Waals surface area contributed by atoms with Gasteiger partial charge in [0, 0.05) is 12.8 Å². The van der Waals surface area contributed by atoms with E-state index in [1.54, 1.807) is 19.1 Å². The molecule has 8 heteroatoms. The quantitative estimate of drug-likeness (QED) is 0.369. The van der Waals surface area contributed by atoms with Crippen LogP contribution in [0.3, 0.4) is 0 Å². The second kappa shape index (κ2) is 11.6. The van der Waals surface area contributed by atoms with Crippen LogP contribution in [0.15, 0.2) is 42.5 Å². The Bertz CT molecular complexity index is 1090. The number of anilines is 1. The third-order valence-corrected chi connectivity index (χ3v) is 7.59. The maximum Gasteiger partial charge on any atom is 0.362 e. The van der Waals surface area contributed by atoms with Crippen molar-refractivity contribution in [3.05, 3.63) is 59.2 Å². The lowest BCUT2D eigenvalue weighted by Crippen LogP contribution is -2.73. The zero-order chi connectivity index (χ0) is 26.3. The molecule has 3 rings (SSSR count). The maximum absolute atomic E-state index is 13.9. The molecule has 0 aromatic heterocycles. The normalized spacial score (nSPS) is 14.4. The van der Waals surface area contributed by atoms with Crippen LogP contribution in [0.25, 0.3) is 0 Å². The lowest BCUT2D eigenvalue weighted by atomic mass is 9.72. The fraction of sp³-hybridized carbons (Fsp3) is 0.464. The van der Waals surface area contributed by atoms with Gasteiger partial charge < -0.3 is 24.0 Å². The number of esters is 2. The van der Waals surface area contributed by atoms with E-state index in [0.717, 1.165) is 12.0 Å². The van der Waals surface area contributed by atoms with E-state index in [-0.39, 0.29) is 35.1 Å². The molecule has 0 bridgehead atoms. The Balaban J connectivity index is 1.87. The first-order valence-corrected chi connectivity index (χ1v) is 12.4. The molecular formula is C28H37N2O6+. The molecule has 0 radical (unpaired) electrons. The van der Waals surface area contributed by atoms with Crippen molar-refractivity contribution in [2.75, 3.05) is 39.2 Å². The van der Waals surface area contributed by atoms with Gasteiger partial charge in [0.25, 0.3) is 5.91 Å². The maximum atomic E-state index is 13.9. The van der Waals surface area contributed by atoms with E-state index < -0.39 is 11.5 Å². The number of ether oxygens (including phenoxy) is 3. The van der Waals surface area contributed by atoms with Gasteiger partial charge in [-0.1, -0.05) is 30.3 Å². The predicted octanol–water partition coefficient (Wildman–Crippen LogP) is 4.25. The summed E-state index contributed by atoms with van der Waals surface area (Å²) in [5.41, 5.74) is 1.43. The summed E-state index contributed by atoms with van der Waals surface area (Å²) in [5, 5.41) is 3.03. The highest BCUT2D eigenvalue weighted by atomic mass is 16.5. The van der Waals surface area contributed by atoms with Crippen LogP contribution in [0, 0.1) is 6.92 Å². The number of likely N-dealkylation sites (N-methyl/N-ethyl adjacent to an activating group) is 1. The molecule has 1 aliphatic rings. The fourth-order valence-electron chi connectivity index (χ4n) is 5.20. The summed E-state index contributed by atoms with van der Waals surface area (Å²) < 4.78 is 16.1. The van der Waals surface area contributed by atoms with E-state index in [1.807, 2.05) is 44.2 Å². The molecule has 36 heavy (non-hydrogen) atoms. The molecule has 194 valence electrons. The molecule has 1 N–H and O–H groups in total. The minimum atomic E-state index is -0.797. The third-order valence-electron chi connectivity index (χ3n) is 7.59. The number of quaternary nitrogens is 1. The highest BCUT2D eigenvalue weighted by Crippen LogP contribution is 2.44. The minimum Gasteiger partial charge on any atom is -0.497 e. The number of aryl methyl sites for hydroxylation is 1. The summed E-state index contributed by atoms with van der Waals surface area (Å²) in [4.78, 5) is 39.4. The number of nitrogens with one attached hydrogen (secondary N) is 1. The zero-order valence-corrected chi connectivity index (χ0v) is 21.9. The first-order valence-electron chi connectivity index (χ1n) is 12.4. The Morgan fingerprint density at radius 1 is 1.03 bits per heavy atom. The molecule has 8 nitrogen and oxygen atoms in total. The molecule has 2 aromatic rings. The monoisotopic (exact) mass is 497 g/mol. The fourth-order valence-corrected chi connectivity index (χ4v) is 5.20. The summed E-state index contributed by atoms with van der Waals surface area (Å²) in [6, 6.07) is 12.9. The number of hydrogen-bond donors (Lipinski definition) is 1. The Labute approximate surface area is 213 Å². The molecule has 0 unspecified atom stereocenters. The van der Waals surface area contributed by atoms with Crippen LogP contribution in [0.2, 0.25) is 0 Å². The second-order valence-electron chi connectivity index (χ2n) is 9.28. The van der Waals surface area contributed by atoms with Crippen LogP contribution >= 0.6 is 0 Å². The van der Waals surface area contributed by atoms with Crippen LogP contribution in [0.5, 0.6) is 5.75 Å². The van der Waals surface area contributed by atoms with Gasteiger partial charge in [0.1, 0.15) is 12.4 Å². The van der Waals surface area contributed by atoms with E-state index in [4.69, 9.17) is 14.2 Å². The van der Waals surface area contributed by atoms with Crippen molar-refractivity contribution in [3.8, 4) is 5.75 Å². The standard InChI is InChI=1S/C28H36N2O6/c1-6-30(7-2,18-24(31)36-19-21-12-9-8-10-13-21)28(14-11-15-28)27(33)29-25-20(3)16-22(34-4)17-23(25)26(32)35-5/h8-10,12-13,16-17H,6-7,11,14-15,18-19H2,1-5H3/p+1. The first kappa shape index (κ1) is 27.2. The van der Waals surface area contributed by atoms with Gasteiger partial charge in [-0.25, -0.2) is 9.59 Å². The largest absolute Gasteiger partial charge is 0.497 e. The molecule has 1 aliphatic carbocycles. The smallest absolute Gasteiger partial charge is 0.362 e. The lowest BCUT2D eigenvalue weighted by molar-refractivity contribution is -0.963. The van der Waals surface area contributed by atoms with Crippen LogP contribution < -0.4 is 10.1 Å². The predicted molar refractivity (Wildman–Crippen MR) is 137 cm³/mol. The summed E-state index contributed by atoms with van der Waals surface area (Å²) in [6.45, 7) is 7.28. The average Bonchev–Trinajstić information content (AvgIpc) is 2.87. The number of benzene rings is 2. The third kappa shape index (κ3) is 5.23. The number of hydrogen-bond acceptors (Lipinski definition) is 6. The Hall–Kier alpha value is -3.39. The number of methoxy groups -OCH3 is 2. The molecule has 0 atom stereocenters. The van der Waals surface area contributed by atoms with Crippen molar-refractivity contribution in [3.63, 3.8) is 0 Å². The number of rotatable bonds is 11. The van der Waals surface area contributed by atoms with E-state index in [1.165, 1.54) is 14.2 Å². The molecular weight excluding hydrogens is 460 g/mol. The topological polar surface area (TPSA) is 90.9 Å². The van der Waals surface area contributed by atoms with Gasteiger partial charge in [0.2, 0.25) is 0 Å². The summed E-state index contributed by atoms with van der Waals surface area (Å²) >= 11 is 0. The molecule has 0 spiro atoms. The van der Waals surface area contributed by atoms with Crippen LogP contribution in [0.4, 0.5) is 5.69 Å². The van der Waals surface area contributed by atoms with Gasteiger partial charge in [-0.15, -0.1) is 0 Å². The molecule has 1 saturated carbocycles. The highest BCUT2D eigenvalue weighted by Gasteiger charge is 2.60. The van der Waals surface area contributed by atoms with Crippen LogP contribution in [-0.2, 0) is 25.7 Å². The minimum absolute atomic E-state index is 0.0959. The van der Waals surface area contributed by atoms with E-state index >= 15 is 0 Å². The van der Waals surface area contributed by atoms with Crippen molar-refractivity contribution in [1.29, 1.82) is 0 Å². The Morgan fingerprint density at radius 3 is 2.22 bits per heavy atom. The second-order valence-corrected chi connectivity index (χ2v) is 9.28. The Kier molecular flexibility index (Phi) is 8.74. The van der Waals surface area contributed by atoms with E-state index in [2.05, 4.69) is 5.32 Å². The average molecular weight is 498 g/mol. The number of carbonyl (C=O) groups is 3. The van der Waals surface area contributed by atoms with Crippen molar-refractivity contribution < 1.29 is 33.1 Å². The first-order chi connectivity index (χ1) is 17.3. The summed E-state index contributed by atoms with van der Waals surface area (Å²) in [7, 11) is 2.82. The molecule has 0 aliphatic heterocycles. The number of nitrogens with zero attached hydrogens (tertiary/aromatic N) is 1. The van der Waals surface area contributed by atoms with Gasteiger partial charge in [0.05, 0.1) is 38.6 Å². The molecule has 0 saturated heterocycles. The van der Waals surface area contributed by atoms with Gasteiger partial charge in [-0.2, -0.15) is 0 Å².